The summed E-state index contributed by atoms with van der Waals surface area (Å²) in [6, 6.07) is 9.62. The Labute approximate surface area is 185 Å². The third-order valence-corrected chi connectivity index (χ3v) is 5.13. The maximum atomic E-state index is 12.8. The van der Waals surface area contributed by atoms with Crippen molar-refractivity contribution in [1.29, 1.82) is 0 Å². The first-order valence-electron chi connectivity index (χ1n) is 10.5. The Morgan fingerprint density at radius 3 is 2.59 bits per heavy atom. The number of carbonyl (C=O) groups is 2. The molecule has 0 radical (unpaired) electrons. The second kappa shape index (κ2) is 10.5. The zero-order chi connectivity index (χ0) is 23.1. The minimum atomic E-state index is -0.364. The van der Waals surface area contributed by atoms with Crippen LogP contribution in [0.15, 0.2) is 47.4 Å². The molecule has 0 saturated heterocycles. The highest BCUT2D eigenvalue weighted by Crippen LogP contribution is 2.16. The van der Waals surface area contributed by atoms with Crippen LogP contribution in [-0.2, 0) is 0 Å². The Kier molecular flexibility index (Phi) is 7.50. The molecule has 0 atom stereocenters. The molecular formula is C22H27N7O3. The van der Waals surface area contributed by atoms with E-state index < -0.39 is 0 Å². The maximum absolute atomic E-state index is 12.8. The van der Waals surface area contributed by atoms with Crippen LogP contribution in [0.3, 0.4) is 0 Å². The van der Waals surface area contributed by atoms with E-state index in [0.717, 1.165) is 19.6 Å². The van der Waals surface area contributed by atoms with Gasteiger partial charge in [0.1, 0.15) is 0 Å². The lowest BCUT2D eigenvalue weighted by molar-refractivity contribution is 0.0947. The smallest absolute Gasteiger partial charge is 0.264 e. The summed E-state index contributed by atoms with van der Waals surface area (Å²) >= 11 is 0. The fourth-order valence-electron chi connectivity index (χ4n) is 3.22. The van der Waals surface area contributed by atoms with Gasteiger partial charge >= 0.3 is 0 Å². The molecule has 2 amide bonds. The summed E-state index contributed by atoms with van der Waals surface area (Å²) in [7, 11) is 0. The van der Waals surface area contributed by atoms with Gasteiger partial charge in [0.2, 0.25) is 0 Å². The molecule has 0 unspecified atom stereocenters. The van der Waals surface area contributed by atoms with Crippen molar-refractivity contribution in [2.45, 2.75) is 20.8 Å². The summed E-state index contributed by atoms with van der Waals surface area (Å²) < 4.78 is 1.46. The normalized spacial score (nSPS) is 10.9. The van der Waals surface area contributed by atoms with Crippen LogP contribution in [0.25, 0.3) is 5.82 Å². The first kappa shape index (κ1) is 22.9. The molecule has 3 aromatic rings. The predicted molar refractivity (Wildman–Crippen MR) is 121 cm³/mol. The largest absolute Gasteiger partial charge is 0.351 e. The first-order chi connectivity index (χ1) is 15.4. The number of aromatic nitrogens is 4. The Balaban J connectivity index is 1.66. The molecule has 2 heterocycles. The van der Waals surface area contributed by atoms with Crippen LogP contribution in [0, 0.1) is 6.92 Å². The zero-order valence-electron chi connectivity index (χ0n) is 18.4. The highest BCUT2D eigenvalue weighted by atomic mass is 16.2. The van der Waals surface area contributed by atoms with Crippen molar-refractivity contribution in [1.82, 2.24) is 30.2 Å². The highest BCUT2D eigenvalue weighted by Gasteiger charge is 2.17. The Morgan fingerprint density at radius 2 is 1.91 bits per heavy atom. The second-order valence-electron chi connectivity index (χ2n) is 7.15. The van der Waals surface area contributed by atoms with E-state index in [9.17, 15) is 14.4 Å². The highest BCUT2D eigenvalue weighted by molar-refractivity contribution is 6.05. The molecule has 1 aromatic carbocycles. The lowest BCUT2D eigenvalue weighted by atomic mass is 10.1. The van der Waals surface area contributed by atoms with Crippen LogP contribution in [0.2, 0.25) is 0 Å². The number of anilines is 1. The second-order valence-corrected chi connectivity index (χ2v) is 7.15. The third-order valence-electron chi connectivity index (χ3n) is 5.13. The van der Waals surface area contributed by atoms with Crippen LogP contribution >= 0.6 is 0 Å². The van der Waals surface area contributed by atoms with Crippen LogP contribution in [0.4, 0.5) is 5.69 Å². The lowest BCUT2D eigenvalue weighted by Gasteiger charge is -2.18. The topological polar surface area (TPSA) is 125 Å². The van der Waals surface area contributed by atoms with Crippen molar-refractivity contribution >= 4 is 17.5 Å². The van der Waals surface area contributed by atoms with Gasteiger partial charge < -0.3 is 15.5 Å². The molecule has 3 rings (SSSR count). The summed E-state index contributed by atoms with van der Waals surface area (Å²) in [6.45, 7) is 9.09. The number of nitrogens with one attached hydrogen (secondary N) is 3. The fourth-order valence-corrected chi connectivity index (χ4v) is 3.22. The number of hydrogen-bond donors (Lipinski definition) is 3. The van der Waals surface area contributed by atoms with Gasteiger partial charge in [-0.25, -0.2) is 9.78 Å². The van der Waals surface area contributed by atoms with Crippen LogP contribution < -0.4 is 16.2 Å². The molecule has 168 valence electrons. The number of aromatic amines is 1. The fraction of sp³-hybridized carbons (Fsp3) is 0.318. The number of carbonyl (C=O) groups excluding carboxylic acids is 2. The number of nitrogens with zero attached hydrogens (tertiary/aromatic N) is 4. The zero-order valence-corrected chi connectivity index (χ0v) is 18.4. The Morgan fingerprint density at radius 1 is 1.12 bits per heavy atom. The molecule has 0 aliphatic carbocycles. The van der Waals surface area contributed by atoms with Crippen molar-refractivity contribution in [2.24, 2.45) is 0 Å². The number of amides is 2. The van der Waals surface area contributed by atoms with Crippen molar-refractivity contribution < 1.29 is 9.59 Å². The van der Waals surface area contributed by atoms with Crippen molar-refractivity contribution in [3.8, 4) is 5.82 Å². The van der Waals surface area contributed by atoms with E-state index in [1.54, 1.807) is 31.2 Å². The van der Waals surface area contributed by atoms with Gasteiger partial charge in [-0.15, -0.1) is 0 Å². The van der Waals surface area contributed by atoms with Crippen LogP contribution in [0.1, 0.15) is 40.3 Å². The van der Waals surface area contributed by atoms with E-state index in [4.69, 9.17) is 0 Å². The van der Waals surface area contributed by atoms with E-state index in [1.165, 1.54) is 23.0 Å². The van der Waals surface area contributed by atoms with Gasteiger partial charge in [-0.3, -0.25) is 14.4 Å². The number of likely N-dealkylation sites (N-methyl/N-ethyl adjacent to an activating group) is 1. The number of H-pyrrole nitrogens is 1. The molecule has 2 aromatic heterocycles. The van der Waals surface area contributed by atoms with E-state index in [2.05, 4.69) is 44.7 Å². The Hall–Kier alpha value is -3.79. The summed E-state index contributed by atoms with van der Waals surface area (Å²) in [5, 5.41) is 16.2. The Bertz CT molecular complexity index is 1130. The van der Waals surface area contributed by atoms with Gasteiger partial charge in [-0.2, -0.15) is 10.2 Å². The van der Waals surface area contributed by atoms with Gasteiger partial charge in [-0.05, 0) is 44.3 Å². The number of hydrogen-bond acceptors (Lipinski definition) is 6. The average Bonchev–Trinajstić information content (AvgIpc) is 3.18. The molecule has 32 heavy (non-hydrogen) atoms. The minimum Gasteiger partial charge on any atom is -0.351 e. The van der Waals surface area contributed by atoms with Crippen LogP contribution in [-0.4, -0.2) is 62.9 Å². The molecule has 0 aliphatic heterocycles. The molecule has 10 nitrogen and oxygen atoms in total. The summed E-state index contributed by atoms with van der Waals surface area (Å²) in [5.41, 5.74) is 1.56. The van der Waals surface area contributed by atoms with E-state index in [-0.39, 0.29) is 17.4 Å². The van der Waals surface area contributed by atoms with Crippen molar-refractivity contribution in [3.05, 3.63) is 69.8 Å². The molecule has 10 heteroatoms. The SMILES string of the molecule is CCN(CC)CCNC(=O)c1cccc(NC(=O)c2cnn(-c3ccc(=O)[nH]n3)c2C)c1. The number of rotatable bonds is 9. The minimum absolute atomic E-state index is 0.193. The van der Waals surface area contributed by atoms with Gasteiger partial charge in [0.05, 0.1) is 17.5 Å². The summed E-state index contributed by atoms with van der Waals surface area (Å²) in [5.74, 6) is -0.164. The third kappa shape index (κ3) is 5.46. The molecule has 0 spiro atoms. The van der Waals surface area contributed by atoms with Gasteiger partial charge in [-0.1, -0.05) is 19.9 Å². The van der Waals surface area contributed by atoms with Crippen LogP contribution in [0.5, 0.6) is 0 Å². The maximum Gasteiger partial charge on any atom is 0.264 e. The lowest BCUT2D eigenvalue weighted by Crippen LogP contribution is -2.34. The molecule has 0 aliphatic rings. The molecule has 0 bridgehead atoms. The van der Waals surface area contributed by atoms with Gasteiger partial charge in [0.25, 0.3) is 17.4 Å². The van der Waals surface area contributed by atoms with E-state index in [1.807, 2.05) is 0 Å². The van der Waals surface area contributed by atoms with Gasteiger partial charge in [0, 0.05) is 30.4 Å². The molecular weight excluding hydrogens is 410 g/mol. The standard InChI is InChI=1S/C22H27N7O3/c1-4-28(5-2)12-11-23-21(31)16-7-6-8-17(13-16)25-22(32)18-14-24-29(15(18)3)19-9-10-20(30)27-26-19/h6-10,13-14H,4-5,11-12H2,1-3H3,(H,23,31)(H,25,32)(H,27,30). The predicted octanol–water partition coefficient (Wildman–Crippen LogP) is 1.59. The average molecular weight is 438 g/mol. The van der Waals surface area contributed by atoms with Crippen molar-refractivity contribution in [3.63, 3.8) is 0 Å². The first-order valence-corrected chi connectivity index (χ1v) is 10.5. The quantitative estimate of drug-likeness (QED) is 0.467. The molecule has 3 N–H and O–H groups in total. The monoisotopic (exact) mass is 437 g/mol. The molecule has 0 saturated carbocycles. The van der Waals surface area contributed by atoms with E-state index in [0.29, 0.717) is 34.9 Å². The molecule has 0 fully saturated rings. The number of benzene rings is 1. The van der Waals surface area contributed by atoms with Gasteiger partial charge in [0.15, 0.2) is 5.82 Å². The van der Waals surface area contributed by atoms with Crippen molar-refractivity contribution in [2.75, 3.05) is 31.5 Å². The summed E-state index contributed by atoms with van der Waals surface area (Å²) in [6.07, 6.45) is 1.43. The summed E-state index contributed by atoms with van der Waals surface area (Å²) in [4.78, 5) is 38.7. The van der Waals surface area contributed by atoms with E-state index >= 15 is 0 Å².